The number of aromatic nitrogens is 5. The molecule has 130 valence electrons. The monoisotopic (exact) mass is 342 g/mol. The molecule has 1 N–H and O–H groups in total. The van der Waals surface area contributed by atoms with Crippen LogP contribution < -0.4 is 10.9 Å². The third kappa shape index (κ3) is 2.43. The maximum Gasteiger partial charge on any atom is 0.265 e. The third-order valence-electron chi connectivity index (χ3n) is 4.64. The molecule has 1 amide bonds. The van der Waals surface area contributed by atoms with Crippen LogP contribution in [0, 0.1) is 13.8 Å². The zero-order valence-electron chi connectivity index (χ0n) is 14.2. The molecule has 4 rings (SSSR count). The van der Waals surface area contributed by atoms with E-state index in [1.165, 1.54) is 10.9 Å². The smallest absolute Gasteiger partial charge is 0.265 e. The van der Waals surface area contributed by atoms with Crippen LogP contribution in [0.4, 0.5) is 0 Å². The highest BCUT2D eigenvalue weighted by molar-refractivity contribution is 6.06. The number of hydrogen-bond donors (Lipinski definition) is 1. The van der Waals surface area contributed by atoms with Gasteiger partial charge in [-0.3, -0.25) is 9.59 Å². The number of aryl methyl sites for hydroxylation is 4. The molecular formula is C16H18N6O3. The van der Waals surface area contributed by atoms with E-state index < -0.39 is 0 Å². The summed E-state index contributed by atoms with van der Waals surface area (Å²) in [5, 5.41) is 11.4. The average molecular weight is 342 g/mol. The Morgan fingerprint density at radius 3 is 2.96 bits per heavy atom. The SMILES string of the molecule is Cc1oc2ncn(C)c(=O)c2c1C(=O)N[C@H]1CCc2nnc(C)n2C1. The van der Waals surface area contributed by atoms with Gasteiger partial charge in [-0.05, 0) is 20.3 Å². The van der Waals surface area contributed by atoms with Gasteiger partial charge in [0.2, 0.25) is 5.71 Å². The lowest BCUT2D eigenvalue weighted by Gasteiger charge is -2.24. The molecule has 0 aromatic carbocycles. The lowest BCUT2D eigenvalue weighted by molar-refractivity contribution is 0.0927. The summed E-state index contributed by atoms with van der Waals surface area (Å²) in [5.74, 6) is 1.84. The largest absolute Gasteiger partial charge is 0.442 e. The van der Waals surface area contributed by atoms with E-state index in [0.29, 0.717) is 12.3 Å². The number of rotatable bonds is 2. The molecule has 25 heavy (non-hydrogen) atoms. The average Bonchev–Trinajstić information content (AvgIpc) is 3.11. The quantitative estimate of drug-likeness (QED) is 0.726. The molecule has 9 nitrogen and oxygen atoms in total. The summed E-state index contributed by atoms with van der Waals surface area (Å²) in [6, 6.07) is -0.0560. The van der Waals surface area contributed by atoms with Crippen molar-refractivity contribution < 1.29 is 9.21 Å². The van der Waals surface area contributed by atoms with Crippen molar-refractivity contribution in [3.63, 3.8) is 0 Å². The summed E-state index contributed by atoms with van der Waals surface area (Å²) in [6.45, 7) is 4.17. The fourth-order valence-corrected chi connectivity index (χ4v) is 3.30. The zero-order valence-corrected chi connectivity index (χ0v) is 14.2. The Kier molecular flexibility index (Phi) is 3.45. The summed E-state index contributed by atoms with van der Waals surface area (Å²) in [7, 11) is 1.59. The van der Waals surface area contributed by atoms with Crippen LogP contribution in [0.15, 0.2) is 15.5 Å². The van der Waals surface area contributed by atoms with Crippen molar-refractivity contribution in [2.45, 2.75) is 39.3 Å². The fourth-order valence-electron chi connectivity index (χ4n) is 3.30. The van der Waals surface area contributed by atoms with E-state index in [1.54, 1.807) is 14.0 Å². The van der Waals surface area contributed by atoms with E-state index in [2.05, 4.69) is 20.5 Å². The predicted octanol–water partition coefficient (Wildman–Crippen LogP) is 0.480. The van der Waals surface area contributed by atoms with Gasteiger partial charge in [0.25, 0.3) is 11.5 Å². The molecule has 1 atom stereocenters. The lowest BCUT2D eigenvalue weighted by Crippen LogP contribution is -2.41. The van der Waals surface area contributed by atoms with Gasteiger partial charge in [-0.2, -0.15) is 0 Å². The number of furan rings is 1. The Hall–Kier alpha value is -2.97. The van der Waals surface area contributed by atoms with Gasteiger partial charge in [0.1, 0.15) is 29.1 Å². The molecule has 0 saturated carbocycles. The van der Waals surface area contributed by atoms with E-state index in [0.717, 1.165) is 24.5 Å². The molecule has 3 aromatic heterocycles. The maximum absolute atomic E-state index is 12.8. The number of hydrogen-bond acceptors (Lipinski definition) is 6. The molecule has 1 aliphatic rings. The van der Waals surface area contributed by atoms with Gasteiger partial charge in [0.15, 0.2) is 0 Å². The second kappa shape index (κ2) is 5.54. The minimum atomic E-state index is -0.319. The van der Waals surface area contributed by atoms with E-state index >= 15 is 0 Å². The Morgan fingerprint density at radius 2 is 2.16 bits per heavy atom. The van der Waals surface area contributed by atoms with Crippen LogP contribution in [0.2, 0.25) is 0 Å². The summed E-state index contributed by atoms with van der Waals surface area (Å²) >= 11 is 0. The minimum Gasteiger partial charge on any atom is -0.442 e. The van der Waals surface area contributed by atoms with Crippen LogP contribution in [-0.4, -0.2) is 36.3 Å². The van der Waals surface area contributed by atoms with E-state index in [-0.39, 0.29) is 34.2 Å². The van der Waals surface area contributed by atoms with Crippen LogP contribution in [0.3, 0.4) is 0 Å². The van der Waals surface area contributed by atoms with Gasteiger partial charge in [0.05, 0.1) is 5.56 Å². The van der Waals surface area contributed by atoms with Gasteiger partial charge < -0.3 is 18.9 Å². The summed E-state index contributed by atoms with van der Waals surface area (Å²) in [6.07, 6.45) is 2.90. The second-order valence-corrected chi connectivity index (χ2v) is 6.36. The van der Waals surface area contributed by atoms with E-state index in [1.807, 2.05) is 11.5 Å². The second-order valence-electron chi connectivity index (χ2n) is 6.36. The van der Waals surface area contributed by atoms with Gasteiger partial charge in [0, 0.05) is 26.1 Å². The van der Waals surface area contributed by atoms with Crippen molar-refractivity contribution in [3.05, 3.63) is 39.7 Å². The molecule has 0 saturated heterocycles. The summed E-state index contributed by atoms with van der Waals surface area (Å²) < 4.78 is 8.84. The molecule has 9 heteroatoms. The van der Waals surface area contributed by atoms with Gasteiger partial charge in [-0.15, -0.1) is 10.2 Å². The topological polar surface area (TPSA) is 108 Å². The number of carbonyl (C=O) groups excluding carboxylic acids is 1. The maximum atomic E-state index is 12.8. The number of fused-ring (bicyclic) bond motifs is 2. The standard InChI is InChI=1S/C16H18N6O3/c1-8-12(13-15(25-8)17-7-21(3)16(13)24)14(23)18-10-4-5-11-20-19-9(2)22(11)6-10/h7,10H,4-6H2,1-3H3,(H,18,23)/t10-/m0/s1. The minimum absolute atomic E-state index is 0.0560. The highest BCUT2D eigenvalue weighted by Gasteiger charge is 2.27. The predicted molar refractivity (Wildman–Crippen MR) is 88.3 cm³/mol. The van der Waals surface area contributed by atoms with Crippen molar-refractivity contribution in [1.29, 1.82) is 0 Å². The first kappa shape index (κ1) is 15.6. The molecule has 0 spiro atoms. The van der Waals surface area contributed by atoms with Crippen molar-refractivity contribution in [1.82, 2.24) is 29.6 Å². The Morgan fingerprint density at radius 1 is 1.36 bits per heavy atom. The van der Waals surface area contributed by atoms with Crippen LogP contribution in [0.1, 0.15) is 34.2 Å². The molecule has 1 aliphatic heterocycles. The first-order valence-corrected chi connectivity index (χ1v) is 8.10. The molecule has 3 aromatic rings. The Balaban J connectivity index is 1.65. The molecule has 0 aliphatic carbocycles. The summed E-state index contributed by atoms with van der Waals surface area (Å²) in [4.78, 5) is 29.3. The first-order valence-electron chi connectivity index (χ1n) is 8.10. The van der Waals surface area contributed by atoms with E-state index in [4.69, 9.17) is 4.42 Å². The van der Waals surface area contributed by atoms with Crippen LogP contribution >= 0.6 is 0 Å². The molecule has 0 unspecified atom stereocenters. The van der Waals surface area contributed by atoms with Gasteiger partial charge in [-0.1, -0.05) is 0 Å². The normalized spacial score (nSPS) is 16.8. The van der Waals surface area contributed by atoms with Crippen molar-refractivity contribution in [2.75, 3.05) is 0 Å². The molecule has 0 bridgehead atoms. The molecular weight excluding hydrogens is 324 g/mol. The highest BCUT2D eigenvalue weighted by atomic mass is 16.3. The van der Waals surface area contributed by atoms with Crippen LogP contribution in [0.5, 0.6) is 0 Å². The van der Waals surface area contributed by atoms with Gasteiger partial charge in [-0.25, -0.2) is 4.98 Å². The van der Waals surface area contributed by atoms with E-state index in [9.17, 15) is 9.59 Å². The molecule has 0 radical (unpaired) electrons. The van der Waals surface area contributed by atoms with Gasteiger partial charge >= 0.3 is 0 Å². The summed E-state index contributed by atoms with van der Waals surface area (Å²) in [5.41, 5.74) is 0.147. The fraction of sp³-hybridized carbons (Fsp3) is 0.438. The zero-order chi connectivity index (χ0) is 17.7. The Bertz CT molecular complexity index is 1040. The van der Waals surface area contributed by atoms with Crippen LogP contribution in [-0.2, 0) is 20.0 Å². The van der Waals surface area contributed by atoms with Crippen molar-refractivity contribution in [2.24, 2.45) is 7.05 Å². The van der Waals surface area contributed by atoms with Crippen molar-refractivity contribution >= 4 is 17.0 Å². The number of nitrogens with zero attached hydrogens (tertiary/aromatic N) is 5. The first-order chi connectivity index (χ1) is 12.0. The number of nitrogens with one attached hydrogen (secondary N) is 1. The highest BCUT2D eigenvalue weighted by Crippen LogP contribution is 2.22. The lowest BCUT2D eigenvalue weighted by atomic mass is 10.1. The third-order valence-corrected chi connectivity index (χ3v) is 4.64. The van der Waals surface area contributed by atoms with Crippen LogP contribution in [0.25, 0.3) is 11.1 Å². The van der Waals surface area contributed by atoms with Crippen molar-refractivity contribution in [3.8, 4) is 0 Å². The molecule has 4 heterocycles. The Labute approximate surface area is 142 Å². The molecule has 0 fully saturated rings. The number of carbonyl (C=O) groups is 1. The number of amides is 1.